The van der Waals surface area contributed by atoms with Gasteiger partial charge >= 0.3 is 5.97 Å². The van der Waals surface area contributed by atoms with Crippen LogP contribution in [0.25, 0.3) is 0 Å². The number of fused-ring (bicyclic) bond motifs is 2. The summed E-state index contributed by atoms with van der Waals surface area (Å²) in [5, 5.41) is 12.2. The Morgan fingerprint density at radius 1 is 1.14 bits per heavy atom. The van der Waals surface area contributed by atoms with Crippen LogP contribution in [0.2, 0.25) is 0 Å². The number of hydrogen-bond donors (Lipinski definition) is 2. The number of hydrogen-bond acceptors (Lipinski definition) is 2. The molecular weight excluding hydrogens is 273 g/mol. The van der Waals surface area contributed by atoms with E-state index in [2.05, 4.69) is 5.32 Å². The molecule has 0 aromatic heterocycles. The lowest BCUT2D eigenvalue weighted by molar-refractivity contribution is -0.149. The van der Waals surface area contributed by atoms with E-state index in [1.54, 1.807) is 12.1 Å². The van der Waals surface area contributed by atoms with Crippen LogP contribution in [0.3, 0.4) is 0 Å². The van der Waals surface area contributed by atoms with Gasteiger partial charge in [-0.1, -0.05) is 12.1 Å². The van der Waals surface area contributed by atoms with Crippen molar-refractivity contribution >= 4 is 11.9 Å². The lowest BCUT2D eigenvalue weighted by atomic mass is 9.78. The molecule has 3 rings (SSSR count). The van der Waals surface area contributed by atoms with Gasteiger partial charge in [0, 0.05) is 6.54 Å². The van der Waals surface area contributed by atoms with Crippen LogP contribution >= 0.6 is 0 Å². The maximum atomic E-state index is 12.8. The highest BCUT2D eigenvalue weighted by Crippen LogP contribution is 2.52. The third kappa shape index (κ3) is 2.64. The monoisotopic (exact) mass is 291 g/mol. The summed E-state index contributed by atoms with van der Waals surface area (Å²) in [6.45, 7) is 0.305. The summed E-state index contributed by atoms with van der Waals surface area (Å²) in [7, 11) is 0. The Hall–Kier alpha value is -1.91. The van der Waals surface area contributed by atoms with Crippen molar-refractivity contribution in [3.8, 4) is 0 Å². The second kappa shape index (κ2) is 5.47. The molecule has 2 aliphatic rings. The third-order valence-corrected chi connectivity index (χ3v) is 4.88. The number of carbonyl (C=O) groups is 2. The van der Waals surface area contributed by atoms with Crippen LogP contribution in [0.1, 0.15) is 24.8 Å². The molecule has 21 heavy (non-hydrogen) atoms. The fourth-order valence-electron chi connectivity index (χ4n) is 3.93. The molecule has 0 aliphatic heterocycles. The highest BCUT2D eigenvalue weighted by Gasteiger charge is 2.53. The molecule has 4 atom stereocenters. The zero-order valence-electron chi connectivity index (χ0n) is 11.6. The van der Waals surface area contributed by atoms with E-state index in [0.29, 0.717) is 6.54 Å². The molecule has 0 spiro atoms. The molecule has 0 saturated heterocycles. The standard InChI is InChI=1S/C16H18FNO3/c17-12-5-1-9(2-6-12)8-18-15(19)13-10-3-4-11(7-10)14(13)16(20)21/h1-2,5-6,10-11,13-14H,3-4,7-8H2,(H,18,19)(H,20,21)/t10-,11-,13-,14+/m0/s1. The Balaban J connectivity index is 1.64. The van der Waals surface area contributed by atoms with E-state index in [1.165, 1.54) is 12.1 Å². The highest BCUT2D eigenvalue weighted by atomic mass is 19.1. The lowest BCUT2D eigenvalue weighted by Gasteiger charge is -2.27. The van der Waals surface area contributed by atoms with Gasteiger partial charge in [-0.25, -0.2) is 4.39 Å². The topological polar surface area (TPSA) is 66.4 Å². The van der Waals surface area contributed by atoms with Crippen molar-refractivity contribution < 1.29 is 19.1 Å². The first-order chi connectivity index (χ1) is 10.1. The number of rotatable bonds is 4. The van der Waals surface area contributed by atoms with Gasteiger partial charge in [-0.15, -0.1) is 0 Å². The number of carboxylic acid groups (broad SMARTS) is 1. The number of halogens is 1. The van der Waals surface area contributed by atoms with Gasteiger partial charge in [-0.2, -0.15) is 0 Å². The lowest BCUT2D eigenvalue weighted by Crippen LogP contribution is -2.41. The average molecular weight is 291 g/mol. The predicted octanol–water partition coefficient (Wildman–Crippen LogP) is 2.19. The molecule has 2 bridgehead atoms. The van der Waals surface area contributed by atoms with Gasteiger partial charge in [0.1, 0.15) is 5.82 Å². The van der Waals surface area contributed by atoms with Gasteiger partial charge in [0.15, 0.2) is 0 Å². The van der Waals surface area contributed by atoms with E-state index in [-0.39, 0.29) is 23.6 Å². The van der Waals surface area contributed by atoms with Crippen molar-refractivity contribution in [2.45, 2.75) is 25.8 Å². The predicted molar refractivity (Wildman–Crippen MR) is 73.7 cm³/mol. The Morgan fingerprint density at radius 2 is 1.76 bits per heavy atom. The SMILES string of the molecule is O=C(O)[C@@H]1[C@H]2CC[C@@H](C2)[C@@H]1C(=O)NCc1ccc(F)cc1. The van der Waals surface area contributed by atoms with Crippen molar-refractivity contribution in [3.63, 3.8) is 0 Å². The van der Waals surface area contributed by atoms with Crippen molar-refractivity contribution in [1.29, 1.82) is 0 Å². The molecule has 0 radical (unpaired) electrons. The summed E-state index contributed by atoms with van der Waals surface area (Å²) in [5.74, 6) is -1.97. The van der Waals surface area contributed by atoms with Gasteiger partial charge < -0.3 is 10.4 Å². The summed E-state index contributed by atoms with van der Waals surface area (Å²) in [4.78, 5) is 23.7. The van der Waals surface area contributed by atoms with Crippen molar-refractivity contribution in [2.75, 3.05) is 0 Å². The minimum Gasteiger partial charge on any atom is -0.481 e. The minimum atomic E-state index is -0.857. The van der Waals surface area contributed by atoms with Crippen molar-refractivity contribution in [1.82, 2.24) is 5.32 Å². The molecule has 2 N–H and O–H groups in total. The Morgan fingerprint density at radius 3 is 2.38 bits per heavy atom. The fraction of sp³-hybridized carbons (Fsp3) is 0.500. The summed E-state index contributed by atoms with van der Waals surface area (Å²) in [6.07, 6.45) is 2.72. The number of aliphatic carboxylic acids is 1. The first-order valence-corrected chi connectivity index (χ1v) is 7.31. The quantitative estimate of drug-likeness (QED) is 0.893. The van der Waals surface area contributed by atoms with Crippen LogP contribution < -0.4 is 5.32 Å². The second-order valence-corrected chi connectivity index (χ2v) is 6.07. The Bertz CT molecular complexity index is 557. The van der Waals surface area contributed by atoms with Gasteiger partial charge in [-0.05, 0) is 48.8 Å². The minimum absolute atomic E-state index is 0.147. The van der Waals surface area contributed by atoms with E-state index < -0.39 is 17.8 Å². The van der Waals surface area contributed by atoms with E-state index in [0.717, 1.165) is 24.8 Å². The average Bonchev–Trinajstić information content (AvgIpc) is 3.06. The first-order valence-electron chi connectivity index (χ1n) is 7.31. The molecule has 2 aliphatic carbocycles. The fourth-order valence-corrected chi connectivity index (χ4v) is 3.93. The number of amides is 1. The van der Waals surface area contributed by atoms with Gasteiger partial charge in [-0.3, -0.25) is 9.59 Å². The van der Waals surface area contributed by atoms with Gasteiger partial charge in [0.25, 0.3) is 0 Å². The van der Waals surface area contributed by atoms with E-state index in [1.807, 2.05) is 0 Å². The van der Waals surface area contributed by atoms with Crippen LogP contribution in [-0.4, -0.2) is 17.0 Å². The van der Waals surface area contributed by atoms with Crippen LogP contribution in [-0.2, 0) is 16.1 Å². The van der Waals surface area contributed by atoms with E-state index in [4.69, 9.17) is 0 Å². The van der Waals surface area contributed by atoms with Crippen LogP contribution in [0.5, 0.6) is 0 Å². The molecule has 2 saturated carbocycles. The third-order valence-electron chi connectivity index (χ3n) is 4.88. The zero-order chi connectivity index (χ0) is 15.0. The summed E-state index contributed by atoms with van der Waals surface area (Å²) in [5.41, 5.74) is 0.805. The molecule has 0 heterocycles. The van der Waals surface area contributed by atoms with Crippen LogP contribution in [0.15, 0.2) is 24.3 Å². The molecule has 2 fully saturated rings. The zero-order valence-corrected chi connectivity index (χ0v) is 11.6. The molecule has 1 aromatic rings. The van der Waals surface area contributed by atoms with Gasteiger partial charge in [0.05, 0.1) is 11.8 Å². The van der Waals surface area contributed by atoms with Crippen molar-refractivity contribution in [3.05, 3.63) is 35.6 Å². The smallest absolute Gasteiger partial charge is 0.307 e. The second-order valence-electron chi connectivity index (χ2n) is 6.07. The van der Waals surface area contributed by atoms with Crippen molar-refractivity contribution in [2.24, 2.45) is 23.7 Å². The summed E-state index contributed by atoms with van der Waals surface area (Å²) < 4.78 is 12.8. The Labute approximate surface area is 122 Å². The molecule has 4 nitrogen and oxygen atoms in total. The largest absolute Gasteiger partial charge is 0.481 e. The van der Waals surface area contributed by atoms with Gasteiger partial charge in [0.2, 0.25) is 5.91 Å². The number of carboxylic acids is 1. The summed E-state index contributed by atoms with van der Waals surface area (Å²) >= 11 is 0. The number of benzene rings is 1. The molecule has 112 valence electrons. The molecule has 1 amide bonds. The number of nitrogens with one attached hydrogen (secondary N) is 1. The van der Waals surface area contributed by atoms with Crippen LogP contribution in [0.4, 0.5) is 4.39 Å². The molecular formula is C16H18FNO3. The van der Waals surface area contributed by atoms with E-state index in [9.17, 15) is 19.1 Å². The van der Waals surface area contributed by atoms with Crippen LogP contribution in [0, 0.1) is 29.5 Å². The molecule has 5 heteroatoms. The molecule has 1 aromatic carbocycles. The maximum absolute atomic E-state index is 12.8. The first kappa shape index (κ1) is 14.0. The number of carbonyl (C=O) groups excluding carboxylic acids is 1. The normalized spacial score (nSPS) is 30.3. The highest BCUT2D eigenvalue weighted by molar-refractivity contribution is 5.86. The molecule has 0 unspecified atom stereocenters. The van der Waals surface area contributed by atoms with E-state index >= 15 is 0 Å². The maximum Gasteiger partial charge on any atom is 0.307 e. The Kier molecular flexibility index (Phi) is 3.66. The summed E-state index contributed by atoms with van der Waals surface area (Å²) in [6, 6.07) is 5.92.